The fourth-order valence-corrected chi connectivity index (χ4v) is 6.49. The number of piperidine rings is 1. The number of hydrogen-bond donors (Lipinski definition) is 2. The zero-order valence-electron chi connectivity index (χ0n) is 21.6. The second kappa shape index (κ2) is 10.0. The summed E-state index contributed by atoms with van der Waals surface area (Å²) >= 11 is 0. The molecule has 0 radical (unpaired) electrons. The summed E-state index contributed by atoms with van der Waals surface area (Å²) < 4.78 is 1.53. The lowest BCUT2D eigenvalue weighted by atomic mass is 9.55. The molecule has 3 heterocycles. The van der Waals surface area contributed by atoms with Gasteiger partial charge in [-0.2, -0.15) is 0 Å². The zero-order valence-corrected chi connectivity index (χ0v) is 21.6. The smallest absolute Gasteiger partial charge is 0.320 e. The third kappa shape index (κ3) is 4.41. The van der Waals surface area contributed by atoms with Gasteiger partial charge in [-0.25, -0.2) is 9.78 Å². The van der Waals surface area contributed by atoms with Crippen molar-refractivity contribution in [2.75, 3.05) is 32.7 Å². The van der Waals surface area contributed by atoms with E-state index in [1.807, 2.05) is 58.3 Å². The Hall–Kier alpha value is -3.49. The minimum atomic E-state index is -1.07. The van der Waals surface area contributed by atoms with Crippen LogP contribution < -0.4 is 10.9 Å². The predicted octanol–water partition coefficient (Wildman–Crippen LogP) is 3.28. The van der Waals surface area contributed by atoms with Crippen LogP contribution in [0.3, 0.4) is 0 Å². The summed E-state index contributed by atoms with van der Waals surface area (Å²) in [5.41, 5.74) is 0.998. The number of rotatable bonds is 4. The number of aliphatic hydroxyl groups is 1. The average molecular weight is 514 g/mol. The highest BCUT2D eigenvalue weighted by Crippen LogP contribution is 2.54. The number of amides is 2. The molecule has 198 valence electrons. The zero-order chi connectivity index (χ0) is 26.2. The largest absolute Gasteiger partial charge is 0.387 e. The van der Waals surface area contributed by atoms with E-state index in [1.165, 1.54) is 4.57 Å². The van der Waals surface area contributed by atoms with Gasteiger partial charge < -0.3 is 20.2 Å². The number of carbonyl (C=O) groups is 1. The van der Waals surface area contributed by atoms with Crippen LogP contribution in [0.5, 0.6) is 0 Å². The maximum absolute atomic E-state index is 13.8. The molecule has 2 saturated heterocycles. The van der Waals surface area contributed by atoms with Crippen LogP contribution in [0.4, 0.5) is 4.79 Å². The molecule has 1 unspecified atom stereocenters. The van der Waals surface area contributed by atoms with E-state index in [0.29, 0.717) is 31.7 Å². The quantitative estimate of drug-likeness (QED) is 0.559. The molecule has 1 aliphatic carbocycles. The van der Waals surface area contributed by atoms with Crippen LogP contribution in [0, 0.1) is 5.41 Å². The highest BCUT2D eigenvalue weighted by molar-refractivity contribution is 5.75. The molecule has 2 aromatic carbocycles. The van der Waals surface area contributed by atoms with Gasteiger partial charge in [0.25, 0.3) is 5.56 Å². The molecule has 8 heteroatoms. The predicted molar refractivity (Wildman–Crippen MR) is 146 cm³/mol. The van der Waals surface area contributed by atoms with Crippen molar-refractivity contribution in [2.24, 2.45) is 5.41 Å². The van der Waals surface area contributed by atoms with Crippen molar-refractivity contribution in [2.45, 2.75) is 43.9 Å². The molecule has 38 heavy (non-hydrogen) atoms. The van der Waals surface area contributed by atoms with E-state index < -0.39 is 11.0 Å². The molecule has 1 spiro atoms. The Balaban J connectivity index is 1.20. The van der Waals surface area contributed by atoms with E-state index in [2.05, 4.69) is 22.4 Å². The number of carbonyl (C=O) groups excluding carboxylic acids is 1. The van der Waals surface area contributed by atoms with Crippen molar-refractivity contribution in [1.29, 1.82) is 0 Å². The Labute approximate surface area is 222 Å². The van der Waals surface area contributed by atoms with Crippen molar-refractivity contribution < 1.29 is 9.90 Å². The van der Waals surface area contributed by atoms with Crippen molar-refractivity contribution in [3.05, 3.63) is 89.0 Å². The van der Waals surface area contributed by atoms with Crippen LogP contribution in [-0.2, 0) is 6.54 Å². The van der Waals surface area contributed by atoms with Crippen LogP contribution >= 0.6 is 0 Å². The monoisotopic (exact) mass is 513 g/mol. The molecule has 3 aromatic rings. The Kier molecular flexibility index (Phi) is 6.53. The molecular weight excluding hydrogens is 478 g/mol. The average Bonchev–Trinajstić information content (AvgIpc) is 2.94. The molecule has 3 fully saturated rings. The van der Waals surface area contributed by atoms with Crippen molar-refractivity contribution in [3.63, 3.8) is 0 Å². The second-order valence-electron chi connectivity index (χ2n) is 11.0. The fraction of sp³-hybridized carbons (Fsp3) is 0.433. The van der Waals surface area contributed by atoms with E-state index in [0.717, 1.165) is 43.5 Å². The minimum absolute atomic E-state index is 0.0108. The number of piperazine rings is 1. The standard InChI is InChI=1S/C30H35N5O3/c36-27-18-25(23-8-3-1-4-9-23)32-22-34(27)21-30(38)14-16-33(20-29(30)12-7-13-29)28(37)35-17-15-31-19-26(35)24-10-5-2-6-11-24/h1-6,8-11,18,22,26,31,38H,7,12-17,19-21H2/t26-,30?/m0/s1. The van der Waals surface area contributed by atoms with Crippen LogP contribution in [0.1, 0.15) is 37.3 Å². The number of likely N-dealkylation sites (tertiary alicyclic amines) is 1. The first kappa shape index (κ1) is 24.8. The molecule has 3 aliphatic rings. The third-order valence-electron chi connectivity index (χ3n) is 8.91. The number of nitrogens with zero attached hydrogens (tertiary/aromatic N) is 4. The lowest BCUT2D eigenvalue weighted by Gasteiger charge is -2.59. The maximum Gasteiger partial charge on any atom is 0.320 e. The molecule has 6 rings (SSSR count). The topological polar surface area (TPSA) is 90.7 Å². The summed E-state index contributed by atoms with van der Waals surface area (Å²) in [6.45, 7) is 3.32. The van der Waals surface area contributed by atoms with Crippen LogP contribution in [-0.4, -0.2) is 68.8 Å². The number of aromatic nitrogens is 2. The molecule has 2 amide bonds. The lowest BCUT2D eigenvalue weighted by molar-refractivity contribution is -0.174. The van der Waals surface area contributed by atoms with E-state index in [9.17, 15) is 14.7 Å². The molecule has 1 saturated carbocycles. The molecular formula is C30H35N5O3. The van der Waals surface area contributed by atoms with Gasteiger partial charge >= 0.3 is 6.03 Å². The third-order valence-corrected chi connectivity index (χ3v) is 8.91. The fourth-order valence-electron chi connectivity index (χ4n) is 6.49. The van der Waals surface area contributed by atoms with Crippen molar-refractivity contribution in [1.82, 2.24) is 24.7 Å². The van der Waals surface area contributed by atoms with Crippen LogP contribution in [0.2, 0.25) is 0 Å². The SMILES string of the molecule is O=C(N1CCC(O)(Cn2cnc(-c3ccccc3)cc2=O)C2(CCC2)C1)N1CCNC[C@H]1c1ccccc1. The lowest BCUT2D eigenvalue weighted by Crippen LogP contribution is -2.67. The van der Waals surface area contributed by atoms with Gasteiger partial charge in [0, 0.05) is 49.8 Å². The highest BCUT2D eigenvalue weighted by Gasteiger charge is 2.58. The molecule has 8 nitrogen and oxygen atoms in total. The first-order valence-electron chi connectivity index (χ1n) is 13.6. The summed E-state index contributed by atoms with van der Waals surface area (Å²) in [4.78, 5) is 35.3. The number of hydrogen-bond acceptors (Lipinski definition) is 5. The van der Waals surface area contributed by atoms with Gasteiger partial charge in [0.15, 0.2) is 0 Å². The Morgan fingerprint density at radius 3 is 2.45 bits per heavy atom. The molecule has 1 aromatic heterocycles. The molecule has 2 atom stereocenters. The number of benzene rings is 2. The van der Waals surface area contributed by atoms with Gasteiger partial charge in [-0.05, 0) is 24.8 Å². The van der Waals surface area contributed by atoms with Gasteiger partial charge in [0.1, 0.15) is 0 Å². The summed E-state index contributed by atoms with van der Waals surface area (Å²) in [6, 6.07) is 21.4. The second-order valence-corrected chi connectivity index (χ2v) is 11.0. The minimum Gasteiger partial charge on any atom is -0.387 e. The Morgan fingerprint density at radius 2 is 1.76 bits per heavy atom. The molecule has 0 bridgehead atoms. The Morgan fingerprint density at radius 1 is 1.03 bits per heavy atom. The Bertz CT molecular complexity index is 1340. The molecule has 2 N–H and O–H groups in total. The number of nitrogens with one attached hydrogen (secondary N) is 1. The van der Waals surface area contributed by atoms with Gasteiger partial charge in [-0.3, -0.25) is 9.36 Å². The highest BCUT2D eigenvalue weighted by atomic mass is 16.3. The van der Waals surface area contributed by atoms with Gasteiger partial charge in [-0.15, -0.1) is 0 Å². The van der Waals surface area contributed by atoms with Crippen LogP contribution in [0.25, 0.3) is 11.3 Å². The summed E-state index contributed by atoms with van der Waals surface area (Å²) in [6.07, 6.45) is 4.71. The van der Waals surface area contributed by atoms with Gasteiger partial charge in [-0.1, -0.05) is 67.1 Å². The van der Waals surface area contributed by atoms with Crippen LogP contribution in [0.15, 0.2) is 77.9 Å². The first-order chi connectivity index (χ1) is 18.5. The van der Waals surface area contributed by atoms with Crippen molar-refractivity contribution in [3.8, 4) is 11.3 Å². The normalized spacial score (nSPS) is 24.7. The summed E-state index contributed by atoms with van der Waals surface area (Å²) in [5.74, 6) is 0. The number of urea groups is 1. The molecule has 2 aliphatic heterocycles. The first-order valence-corrected chi connectivity index (χ1v) is 13.6. The van der Waals surface area contributed by atoms with Crippen molar-refractivity contribution >= 4 is 6.03 Å². The van der Waals surface area contributed by atoms with E-state index in [-0.39, 0.29) is 24.2 Å². The maximum atomic E-state index is 13.8. The summed E-state index contributed by atoms with van der Waals surface area (Å²) in [7, 11) is 0. The van der Waals surface area contributed by atoms with Gasteiger partial charge in [0.2, 0.25) is 0 Å². The van der Waals surface area contributed by atoms with E-state index in [4.69, 9.17) is 0 Å². The van der Waals surface area contributed by atoms with E-state index in [1.54, 1.807) is 12.4 Å². The van der Waals surface area contributed by atoms with Gasteiger partial charge in [0.05, 0.1) is 30.2 Å². The summed E-state index contributed by atoms with van der Waals surface area (Å²) in [5, 5.41) is 15.4. The van der Waals surface area contributed by atoms with E-state index >= 15 is 0 Å².